The molecular weight excluding hydrogens is 765 g/mol. The summed E-state index contributed by atoms with van der Waals surface area (Å²) in [5.41, 5.74) is 7.32. The number of aliphatic imine (C=N–C) groups is 1. The van der Waals surface area contributed by atoms with Crippen LogP contribution in [0, 0.1) is 32.3 Å². The molecule has 2 aliphatic rings. The number of carbonyl (C=O) groups is 4. The van der Waals surface area contributed by atoms with Crippen LogP contribution in [0.5, 0.6) is 0 Å². The van der Waals surface area contributed by atoms with Crippen LogP contribution in [0.1, 0.15) is 103 Å². The van der Waals surface area contributed by atoms with E-state index >= 15 is 0 Å². The molecule has 15 nitrogen and oxygen atoms in total. The van der Waals surface area contributed by atoms with Crippen molar-refractivity contribution in [2.45, 2.75) is 113 Å². The Balaban J connectivity index is 0.000000327. The number of rotatable bonds is 7. The first-order valence-corrected chi connectivity index (χ1v) is 19.8. The van der Waals surface area contributed by atoms with Crippen molar-refractivity contribution in [2.24, 2.45) is 4.99 Å². The SMILES string of the molecule is Cc1cc(C2=CCN(/C(=N\C(=O)OC(C)(C)C)NC(=O)OC(C)(C)C)CC2)ccc1NC=O.Cc1ccc(C2=CCN(C(=BOC#N)NC(=O)OC(C)(C)C)CC2)c(C)c1. The Hall–Kier alpha value is -6.11. The summed E-state index contributed by atoms with van der Waals surface area (Å²) in [7, 11) is 1.24. The van der Waals surface area contributed by atoms with Crippen LogP contribution in [-0.4, -0.2) is 96.3 Å². The Bertz CT molecular complexity index is 2050. The van der Waals surface area contributed by atoms with Crippen LogP contribution in [0.25, 0.3) is 11.1 Å². The van der Waals surface area contributed by atoms with Crippen LogP contribution in [0.2, 0.25) is 0 Å². The van der Waals surface area contributed by atoms with Gasteiger partial charge >= 0.3 is 173 Å². The zero-order valence-electron chi connectivity index (χ0n) is 37.1. The maximum atomic E-state index is 12.3. The molecule has 0 atom stereocenters. The van der Waals surface area contributed by atoms with E-state index < -0.39 is 35.1 Å². The summed E-state index contributed by atoms with van der Waals surface area (Å²) in [5, 5.41) is 16.6. The zero-order chi connectivity index (χ0) is 44.8. The molecule has 0 aromatic heterocycles. The molecule has 2 aromatic carbocycles. The van der Waals surface area contributed by atoms with Crippen LogP contribution in [-0.2, 0) is 23.7 Å². The molecule has 0 saturated heterocycles. The monoisotopic (exact) mass is 825 g/mol. The first kappa shape index (κ1) is 48.3. The second-order valence-corrected chi connectivity index (χ2v) is 17.3. The number of amides is 4. The van der Waals surface area contributed by atoms with Gasteiger partial charge in [0.25, 0.3) is 0 Å². The molecule has 60 heavy (non-hydrogen) atoms. The number of hydrogen-bond acceptors (Lipinski definition) is 10. The molecule has 2 aromatic rings. The molecule has 0 saturated carbocycles. The topological polar surface area (TPSA) is 184 Å². The Kier molecular flexibility index (Phi) is 17.1. The van der Waals surface area contributed by atoms with Crippen molar-refractivity contribution < 1.29 is 38.0 Å². The van der Waals surface area contributed by atoms with Gasteiger partial charge in [0.1, 0.15) is 11.2 Å². The zero-order valence-corrected chi connectivity index (χ0v) is 37.1. The average Bonchev–Trinajstić information content (AvgIpc) is 3.12. The van der Waals surface area contributed by atoms with E-state index in [0.717, 1.165) is 28.8 Å². The van der Waals surface area contributed by atoms with E-state index in [0.29, 0.717) is 44.7 Å². The number of aryl methyl sites for hydroxylation is 3. The summed E-state index contributed by atoms with van der Waals surface area (Å²) in [5.74, 6) is 0.0792. The first-order valence-electron chi connectivity index (χ1n) is 19.8. The van der Waals surface area contributed by atoms with Gasteiger partial charge in [-0.2, -0.15) is 0 Å². The van der Waals surface area contributed by atoms with Gasteiger partial charge in [-0.15, -0.1) is 4.99 Å². The maximum absolute atomic E-state index is 12.3. The third-order valence-corrected chi connectivity index (χ3v) is 8.65. The average molecular weight is 826 g/mol. The van der Waals surface area contributed by atoms with Crippen molar-refractivity contribution in [3.8, 4) is 6.26 Å². The number of anilines is 1. The summed E-state index contributed by atoms with van der Waals surface area (Å²) >= 11 is 0. The molecule has 0 aliphatic carbocycles. The fourth-order valence-corrected chi connectivity index (χ4v) is 6.14. The molecule has 0 fully saturated rings. The Morgan fingerprint density at radius 3 is 1.87 bits per heavy atom. The predicted octanol–water partition coefficient (Wildman–Crippen LogP) is 7.59. The second-order valence-electron chi connectivity index (χ2n) is 17.3. The van der Waals surface area contributed by atoms with Gasteiger partial charge in [-0.25, -0.2) is 9.59 Å². The molecule has 322 valence electrons. The van der Waals surface area contributed by atoms with Crippen molar-refractivity contribution in [1.82, 2.24) is 20.4 Å². The van der Waals surface area contributed by atoms with Gasteiger partial charge in [-0.3, -0.25) is 10.1 Å². The van der Waals surface area contributed by atoms with E-state index in [4.69, 9.17) is 24.1 Å². The summed E-state index contributed by atoms with van der Waals surface area (Å²) in [6, 6.07) is 12.3. The summed E-state index contributed by atoms with van der Waals surface area (Å²) in [6.45, 7) is 24.3. The van der Waals surface area contributed by atoms with E-state index in [9.17, 15) is 19.2 Å². The molecule has 0 bridgehead atoms. The fraction of sp³-hybridized carbons (Fsp3) is 0.477. The van der Waals surface area contributed by atoms with E-state index in [-0.39, 0.29) is 5.96 Å². The number of ether oxygens (including phenoxy) is 3. The van der Waals surface area contributed by atoms with E-state index in [1.165, 1.54) is 29.4 Å². The minimum atomic E-state index is -0.794. The van der Waals surface area contributed by atoms with Crippen LogP contribution in [0.15, 0.2) is 53.5 Å². The Morgan fingerprint density at radius 2 is 1.35 bits per heavy atom. The summed E-state index contributed by atoms with van der Waals surface area (Å²) < 4.78 is 20.6. The molecule has 4 amide bonds. The third kappa shape index (κ3) is 16.6. The molecule has 0 radical (unpaired) electrons. The number of carbonyl (C=O) groups excluding carboxylic acids is 4. The Morgan fingerprint density at radius 1 is 0.767 bits per heavy atom. The number of nitriles is 1. The van der Waals surface area contributed by atoms with Crippen LogP contribution < -0.4 is 16.0 Å². The van der Waals surface area contributed by atoms with Crippen LogP contribution in [0.4, 0.5) is 20.1 Å². The first-order chi connectivity index (χ1) is 28.0. The van der Waals surface area contributed by atoms with Crippen molar-refractivity contribution in [3.05, 3.63) is 76.4 Å². The molecule has 0 spiro atoms. The quantitative estimate of drug-likeness (QED) is 0.0624. The Labute approximate surface area is 355 Å². The molecule has 4 rings (SSSR count). The number of hydrogen-bond donors (Lipinski definition) is 3. The van der Waals surface area contributed by atoms with Crippen LogP contribution in [0.3, 0.4) is 0 Å². The molecule has 2 aliphatic heterocycles. The van der Waals surface area contributed by atoms with Gasteiger partial charge in [0.2, 0.25) is 12.4 Å². The number of benzene rings is 2. The molecule has 0 unspecified atom stereocenters. The second kappa shape index (κ2) is 21.2. The molecule has 2 heterocycles. The standard InChI is InChI=1S/C24H34N4O5.C20H26BN3O3/c1-16-14-18(8-9-19(16)25-15-29)17-10-12-28(13-11-17)20(26-21(30)32-23(2,3)4)27-22(31)33-24(5,6)7;1-14-6-7-17(15(2)12-14)16-8-10-24(11-9-16)18(21-26-13-22)23-19(25)27-20(3,4)5/h8-10,14-15H,11-13H2,1-7H3,(H,25,29)(H,26,27,30,31);6-8,12H,9-11H2,1-5H3,(H,23,25). The number of nitrogens with zero attached hydrogens (tertiary/aromatic N) is 4. The van der Waals surface area contributed by atoms with Gasteiger partial charge in [0, 0.05) is 18.8 Å². The fourth-order valence-electron chi connectivity index (χ4n) is 6.14. The predicted molar refractivity (Wildman–Crippen MR) is 235 cm³/mol. The van der Waals surface area contributed by atoms with Crippen molar-refractivity contribution in [3.63, 3.8) is 0 Å². The van der Waals surface area contributed by atoms with Crippen LogP contribution >= 0.6 is 0 Å². The van der Waals surface area contributed by atoms with E-state index in [1.807, 2.05) is 36.1 Å². The molecule has 16 heteroatoms. The van der Waals surface area contributed by atoms with Gasteiger partial charge in [0.15, 0.2) is 0 Å². The van der Waals surface area contributed by atoms with Gasteiger partial charge in [-0.05, 0) is 83.7 Å². The number of nitrogens with one attached hydrogen (secondary N) is 3. The van der Waals surface area contributed by atoms with E-state index in [2.05, 4.69) is 59.1 Å². The van der Waals surface area contributed by atoms with Gasteiger partial charge in [-0.1, -0.05) is 12.1 Å². The van der Waals surface area contributed by atoms with Crippen molar-refractivity contribution >= 4 is 60.3 Å². The summed E-state index contributed by atoms with van der Waals surface area (Å²) in [4.78, 5) is 55.2. The molecule has 3 N–H and O–H groups in total. The third-order valence-electron chi connectivity index (χ3n) is 8.65. The van der Waals surface area contributed by atoms with Gasteiger partial charge in [0.05, 0.1) is 0 Å². The number of alkyl carbamates (subject to hydrolysis) is 2. The molecular formula is C44H60BN7O8. The van der Waals surface area contributed by atoms with Crippen molar-refractivity contribution in [2.75, 3.05) is 31.5 Å². The summed E-state index contributed by atoms with van der Waals surface area (Å²) in [6.07, 6.45) is 5.82. The van der Waals surface area contributed by atoms with Gasteiger partial charge < -0.3 is 19.7 Å². The van der Waals surface area contributed by atoms with E-state index in [1.54, 1.807) is 73.5 Å². The number of guanidine groups is 1. The van der Waals surface area contributed by atoms with Crippen molar-refractivity contribution in [1.29, 1.82) is 5.26 Å². The normalized spacial score (nSPS) is 14.7. The minimum absolute atomic E-state index is 0.0792.